The van der Waals surface area contributed by atoms with Gasteiger partial charge in [0.2, 0.25) is 5.95 Å². The number of hydrogen-bond donors (Lipinski definition) is 2. The summed E-state index contributed by atoms with van der Waals surface area (Å²) in [5.74, 6) is 0.0785. The van der Waals surface area contributed by atoms with E-state index in [0.717, 1.165) is 12.2 Å². The molecule has 0 radical (unpaired) electrons. The molecule has 0 saturated carbocycles. The van der Waals surface area contributed by atoms with Gasteiger partial charge in [0, 0.05) is 24.4 Å². The Labute approximate surface area is 156 Å². The molecule has 142 valence electrons. The number of aromatic nitrogens is 2. The molecule has 0 amide bonds. The van der Waals surface area contributed by atoms with E-state index in [2.05, 4.69) is 15.6 Å². The van der Waals surface area contributed by atoms with Gasteiger partial charge in [0.05, 0.1) is 35.5 Å². The zero-order valence-electron chi connectivity index (χ0n) is 15.4. The second kappa shape index (κ2) is 7.58. The lowest BCUT2D eigenvalue weighted by molar-refractivity contribution is -0.384. The van der Waals surface area contributed by atoms with Crippen LogP contribution in [0.2, 0.25) is 0 Å². The minimum Gasteiger partial charge on any atom is -0.466 e. The highest BCUT2D eigenvalue weighted by Crippen LogP contribution is 2.38. The Balaban J connectivity index is 2.20. The number of fused-ring (bicyclic) bond motifs is 1. The predicted octanol–water partition coefficient (Wildman–Crippen LogP) is 2.36. The van der Waals surface area contributed by atoms with Gasteiger partial charge in [-0.3, -0.25) is 10.1 Å². The molecule has 1 atom stereocenters. The Morgan fingerprint density at radius 2 is 2.26 bits per heavy atom. The van der Waals surface area contributed by atoms with Crippen LogP contribution in [0.5, 0.6) is 0 Å². The molecule has 9 heteroatoms. The van der Waals surface area contributed by atoms with Gasteiger partial charge in [0.1, 0.15) is 0 Å². The lowest BCUT2D eigenvalue weighted by Gasteiger charge is -2.30. The molecule has 1 aliphatic heterocycles. The highest BCUT2D eigenvalue weighted by atomic mass is 16.6. The summed E-state index contributed by atoms with van der Waals surface area (Å²) in [4.78, 5) is 27.7. The molecule has 27 heavy (non-hydrogen) atoms. The highest BCUT2D eigenvalue weighted by molar-refractivity contribution is 5.92. The second-order valence-corrected chi connectivity index (χ2v) is 6.13. The van der Waals surface area contributed by atoms with Gasteiger partial charge >= 0.3 is 5.97 Å². The molecule has 2 heterocycles. The zero-order chi connectivity index (χ0) is 19.6. The maximum atomic E-state index is 12.5. The number of rotatable bonds is 6. The van der Waals surface area contributed by atoms with E-state index in [9.17, 15) is 14.9 Å². The van der Waals surface area contributed by atoms with Gasteiger partial charge in [-0.25, -0.2) is 9.78 Å². The van der Waals surface area contributed by atoms with E-state index in [1.54, 1.807) is 25.3 Å². The van der Waals surface area contributed by atoms with Crippen LogP contribution in [-0.2, 0) is 16.1 Å². The zero-order valence-corrected chi connectivity index (χ0v) is 15.4. The fraction of sp³-hybridized carbons (Fsp3) is 0.333. The van der Waals surface area contributed by atoms with Gasteiger partial charge in [0.25, 0.3) is 5.69 Å². The van der Waals surface area contributed by atoms with E-state index >= 15 is 0 Å². The standard InChI is InChI=1S/C18H21N5O4/c1-4-19-9-14-10-20-18-21-11(2)15(17(24)27-3)16(22(14)18)12-6-5-7-13(8-12)23(25)26/h5-8,10,16,19H,4,9H2,1-3H3,(H,20,21). The molecule has 9 nitrogen and oxygen atoms in total. The van der Waals surface area contributed by atoms with Crippen molar-refractivity contribution in [2.45, 2.75) is 26.4 Å². The third-order valence-corrected chi connectivity index (χ3v) is 4.47. The number of non-ortho nitro benzene ring substituents is 1. The SMILES string of the molecule is CCNCc1cnc2n1C(c1cccc([N+](=O)[O-])c1)C(C(=O)OC)=C(C)N2. The summed E-state index contributed by atoms with van der Waals surface area (Å²) in [6.45, 7) is 5.07. The number of benzene rings is 1. The van der Waals surface area contributed by atoms with Crippen LogP contribution in [0.15, 0.2) is 41.7 Å². The van der Waals surface area contributed by atoms with Crippen LogP contribution in [0.3, 0.4) is 0 Å². The van der Waals surface area contributed by atoms with Crippen molar-refractivity contribution in [1.29, 1.82) is 0 Å². The largest absolute Gasteiger partial charge is 0.466 e. The number of anilines is 1. The number of carbonyl (C=O) groups is 1. The van der Waals surface area contributed by atoms with Crippen molar-refractivity contribution >= 4 is 17.6 Å². The third kappa shape index (κ3) is 3.41. The van der Waals surface area contributed by atoms with E-state index in [0.29, 0.717) is 29.3 Å². The highest BCUT2D eigenvalue weighted by Gasteiger charge is 2.35. The second-order valence-electron chi connectivity index (χ2n) is 6.13. The molecule has 2 aromatic rings. The van der Waals surface area contributed by atoms with Crippen molar-refractivity contribution in [3.05, 3.63) is 63.1 Å². The monoisotopic (exact) mass is 371 g/mol. The average molecular weight is 371 g/mol. The number of hydrogen-bond acceptors (Lipinski definition) is 7. The first-order valence-corrected chi connectivity index (χ1v) is 8.55. The van der Waals surface area contributed by atoms with E-state index in [4.69, 9.17) is 4.74 Å². The minimum absolute atomic E-state index is 0.0391. The summed E-state index contributed by atoms with van der Waals surface area (Å²) >= 11 is 0. The molecule has 1 aliphatic rings. The van der Waals surface area contributed by atoms with E-state index in [-0.39, 0.29) is 5.69 Å². The van der Waals surface area contributed by atoms with Crippen molar-refractivity contribution < 1.29 is 14.5 Å². The molecule has 3 rings (SSSR count). The number of ether oxygens (including phenoxy) is 1. The van der Waals surface area contributed by atoms with Crippen LogP contribution in [0.25, 0.3) is 0 Å². The number of nitrogens with one attached hydrogen (secondary N) is 2. The number of esters is 1. The summed E-state index contributed by atoms with van der Waals surface area (Å²) < 4.78 is 6.86. The predicted molar refractivity (Wildman–Crippen MR) is 99.2 cm³/mol. The quantitative estimate of drug-likeness (QED) is 0.455. The van der Waals surface area contributed by atoms with Gasteiger partial charge in [-0.2, -0.15) is 0 Å². The van der Waals surface area contributed by atoms with Gasteiger partial charge in [-0.1, -0.05) is 19.1 Å². The molecule has 0 saturated heterocycles. The Morgan fingerprint density at radius 3 is 2.93 bits per heavy atom. The van der Waals surface area contributed by atoms with Gasteiger partial charge in [0.15, 0.2) is 0 Å². The molecule has 0 spiro atoms. The Morgan fingerprint density at radius 1 is 1.48 bits per heavy atom. The topological polar surface area (TPSA) is 111 Å². The van der Waals surface area contributed by atoms with Gasteiger partial charge in [-0.15, -0.1) is 0 Å². The maximum Gasteiger partial charge on any atom is 0.337 e. The van der Waals surface area contributed by atoms with E-state index in [1.807, 2.05) is 11.5 Å². The Hall–Kier alpha value is -3.20. The third-order valence-electron chi connectivity index (χ3n) is 4.47. The fourth-order valence-electron chi connectivity index (χ4n) is 3.23. The van der Waals surface area contributed by atoms with Crippen LogP contribution < -0.4 is 10.6 Å². The summed E-state index contributed by atoms with van der Waals surface area (Å²) in [7, 11) is 1.32. The number of carbonyl (C=O) groups excluding carboxylic acids is 1. The number of methoxy groups -OCH3 is 1. The van der Waals surface area contributed by atoms with Crippen molar-refractivity contribution in [2.75, 3.05) is 19.0 Å². The van der Waals surface area contributed by atoms with Crippen molar-refractivity contribution in [2.24, 2.45) is 0 Å². The van der Waals surface area contributed by atoms with Crippen molar-refractivity contribution in [3.8, 4) is 0 Å². The Bertz CT molecular complexity index is 918. The number of allylic oxidation sites excluding steroid dienone is 1. The number of nitrogens with zero attached hydrogens (tertiary/aromatic N) is 3. The Kier molecular flexibility index (Phi) is 5.22. The smallest absolute Gasteiger partial charge is 0.337 e. The van der Waals surface area contributed by atoms with E-state index in [1.165, 1.54) is 19.2 Å². The van der Waals surface area contributed by atoms with E-state index < -0.39 is 16.9 Å². The summed E-state index contributed by atoms with van der Waals surface area (Å²) in [5.41, 5.74) is 2.42. The van der Waals surface area contributed by atoms with Crippen molar-refractivity contribution in [3.63, 3.8) is 0 Å². The first-order chi connectivity index (χ1) is 13.0. The molecule has 1 aromatic carbocycles. The first kappa shape index (κ1) is 18.6. The number of nitro benzene ring substituents is 1. The molecule has 1 aromatic heterocycles. The van der Waals surface area contributed by atoms with Crippen LogP contribution >= 0.6 is 0 Å². The minimum atomic E-state index is -0.579. The molecule has 0 aliphatic carbocycles. The molecule has 2 N–H and O–H groups in total. The lowest BCUT2D eigenvalue weighted by Crippen LogP contribution is -2.30. The molecular weight excluding hydrogens is 350 g/mol. The summed E-state index contributed by atoms with van der Waals surface area (Å²) in [5, 5.41) is 17.6. The summed E-state index contributed by atoms with van der Waals surface area (Å²) in [6.07, 6.45) is 1.73. The van der Waals surface area contributed by atoms with Gasteiger partial charge in [-0.05, 0) is 19.0 Å². The molecule has 0 fully saturated rings. The van der Waals surface area contributed by atoms with Crippen molar-refractivity contribution in [1.82, 2.24) is 14.9 Å². The van der Waals surface area contributed by atoms with Crippen LogP contribution in [-0.4, -0.2) is 34.1 Å². The molecule has 0 bridgehead atoms. The van der Waals surface area contributed by atoms with Gasteiger partial charge < -0.3 is 19.9 Å². The normalized spacial score (nSPS) is 15.9. The lowest BCUT2D eigenvalue weighted by atomic mass is 9.94. The fourth-order valence-corrected chi connectivity index (χ4v) is 3.23. The number of imidazole rings is 1. The van der Waals surface area contributed by atoms with Crippen LogP contribution in [0, 0.1) is 10.1 Å². The van der Waals surface area contributed by atoms with Crippen LogP contribution in [0.4, 0.5) is 11.6 Å². The summed E-state index contributed by atoms with van der Waals surface area (Å²) in [6, 6.07) is 5.70. The molecular formula is C18H21N5O4. The first-order valence-electron chi connectivity index (χ1n) is 8.55. The van der Waals surface area contributed by atoms with Crippen LogP contribution in [0.1, 0.15) is 31.1 Å². The number of nitro groups is 1. The molecule has 1 unspecified atom stereocenters. The maximum absolute atomic E-state index is 12.5. The average Bonchev–Trinajstić information content (AvgIpc) is 3.06.